The van der Waals surface area contributed by atoms with Gasteiger partial charge in [0.05, 0.1) is 19.3 Å². The van der Waals surface area contributed by atoms with E-state index in [1.54, 1.807) is 24.1 Å². The van der Waals surface area contributed by atoms with Crippen LogP contribution in [0.3, 0.4) is 0 Å². The maximum Gasteiger partial charge on any atom is 0.176 e. The quantitative estimate of drug-likeness (QED) is 0.776. The Morgan fingerprint density at radius 2 is 2.28 bits per heavy atom. The molecule has 0 saturated heterocycles. The maximum atomic E-state index is 12.0. The van der Waals surface area contributed by atoms with Gasteiger partial charge in [-0.15, -0.1) is 0 Å². The van der Waals surface area contributed by atoms with Crippen LogP contribution in [0.1, 0.15) is 10.4 Å². The fourth-order valence-electron chi connectivity index (χ4n) is 1.67. The van der Waals surface area contributed by atoms with Crippen LogP contribution in [0, 0.1) is 0 Å². The number of aliphatic hydroxyl groups is 1. The lowest BCUT2D eigenvalue weighted by atomic mass is 10.1. The van der Waals surface area contributed by atoms with Crippen molar-refractivity contribution in [2.45, 2.75) is 6.10 Å². The molecule has 0 aliphatic carbocycles. The summed E-state index contributed by atoms with van der Waals surface area (Å²) in [7, 11) is 3.34. The largest absolute Gasteiger partial charge is 0.389 e. The first-order valence-electron chi connectivity index (χ1n) is 5.67. The molecule has 0 aromatic heterocycles. The lowest BCUT2D eigenvalue weighted by Gasteiger charge is -2.19. The Labute approximate surface area is 116 Å². The summed E-state index contributed by atoms with van der Waals surface area (Å²) in [5.41, 5.74) is 0.664. The summed E-state index contributed by atoms with van der Waals surface area (Å²) in [6, 6.07) is 7.29. The number of rotatable bonds is 7. The van der Waals surface area contributed by atoms with Crippen LogP contribution in [0.4, 0.5) is 0 Å². The van der Waals surface area contributed by atoms with Gasteiger partial charge in [-0.1, -0.05) is 28.1 Å². The predicted octanol–water partition coefficient (Wildman–Crippen LogP) is 1.57. The summed E-state index contributed by atoms with van der Waals surface area (Å²) in [6.07, 6.45) is -0.574. The van der Waals surface area contributed by atoms with E-state index in [1.807, 2.05) is 12.1 Å². The fourth-order valence-corrected chi connectivity index (χ4v) is 2.07. The number of ketones is 1. The summed E-state index contributed by atoms with van der Waals surface area (Å²) in [5.74, 6) is 0.0309. The SMILES string of the molecule is COCC(O)CN(C)CC(=O)c1cccc(Br)c1. The highest BCUT2D eigenvalue weighted by Crippen LogP contribution is 2.12. The predicted molar refractivity (Wildman–Crippen MR) is 73.9 cm³/mol. The molecule has 0 bridgehead atoms. The Bertz CT molecular complexity index is 398. The summed E-state index contributed by atoms with van der Waals surface area (Å²) < 4.78 is 5.73. The first-order chi connectivity index (χ1) is 8.52. The van der Waals surface area contributed by atoms with Gasteiger partial charge in [0.25, 0.3) is 0 Å². The molecule has 5 heteroatoms. The van der Waals surface area contributed by atoms with Crippen molar-refractivity contribution >= 4 is 21.7 Å². The Morgan fingerprint density at radius 3 is 2.89 bits per heavy atom. The number of carbonyl (C=O) groups excluding carboxylic acids is 1. The van der Waals surface area contributed by atoms with Crippen molar-refractivity contribution in [3.05, 3.63) is 34.3 Å². The van der Waals surface area contributed by atoms with Crippen LogP contribution in [0.15, 0.2) is 28.7 Å². The van der Waals surface area contributed by atoms with Gasteiger partial charge >= 0.3 is 0 Å². The maximum absolute atomic E-state index is 12.0. The first kappa shape index (κ1) is 15.3. The van der Waals surface area contributed by atoms with E-state index in [9.17, 15) is 9.90 Å². The van der Waals surface area contributed by atoms with E-state index in [1.165, 1.54) is 7.11 Å². The van der Waals surface area contributed by atoms with Crippen LogP contribution in [0.5, 0.6) is 0 Å². The molecule has 1 atom stereocenters. The van der Waals surface area contributed by atoms with Gasteiger partial charge in [-0.2, -0.15) is 0 Å². The molecule has 1 aromatic rings. The third-order valence-corrected chi connectivity index (χ3v) is 2.93. The van der Waals surface area contributed by atoms with Gasteiger partial charge < -0.3 is 9.84 Å². The third kappa shape index (κ3) is 5.27. The topological polar surface area (TPSA) is 49.8 Å². The van der Waals surface area contributed by atoms with Gasteiger partial charge in [0, 0.05) is 23.7 Å². The first-order valence-corrected chi connectivity index (χ1v) is 6.46. The Hall–Kier alpha value is -0.750. The van der Waals surface area contributed by atoms with Crippen LogP contribution in [-0.4, -0.2) is 55.7 Å². The molecule has 0 aliphatic rings. The molecule has 0 heterocycles. The number of nitrogens with zero attached hydrogens (tertiary/aromatic N) is 1. The minimum atomic E-state index is -0.574. The Balaban J connectivity index is 2.49. The lowest BCUT2D eigenvalue weighted by Crippen LogP contribution is -2.35. The van der Waals surface area contributed by atoms with Crippen LogP contribution in [-0.2, 0) is 4.74 Å². The molecule has 0 saturated carbocycles. The van der Waals surface area contributed by atoms with E-state index < -0.39 is 6.10 Å². The number of ether oxygens (including phenoxy) is 1. The number of halogens is 1. The van der Waals surface area contributed by atoms with Gasteiger partial charge in [-0.05, 0) is 19.2 Å². The van der Waals surface area contributed by atoms with E-state index in [0.717, 1.165) is 4.47 Å². The van der Waals surface area contributed by atoms with Gasteiger partial charge in [-0.3, -0.25) is 9.69 Å². The third-order valence-electron chi connectivity index (χ3n) is 2.44. The molecular weight excluding hydrogens is 298 g/mol. The molecule has 1 rings (SSSR count). The standard InChI is InChI=1S/C13H18BrNO3/c1-15(7-12(16)9-18-2)8-13(17)10-4-3-5-11(14)6-10/h3-6,12,16H,7-9H2,1-2H3. The lowest BCUT2D eigenvalue weighted by molar-refractivity contribution is 0.0427. The second kappa shape index (κ2) is 7.63. The fraction of sp³-hybridized carbons (Fsp3) is 0.462. The second-order valence-electron chi connectivity index (χ2n) is 4.24. The highest BCUT2D eigenvalue weighted by atomic mass is 79.9. The Kier molecular flexibility index (Phi) is 6.49. The number of benzene rings is 1. The monoisotopic (exact) mass is 315 g/mol. The summed E-state index contributed by atoms with van der Waals surface area (Å²) in [6.45, 7) is 0.959. The van der Waals surface area contributed by atoms with Crippen molar-refractivity contribution in [3.8, 4) is 0 Å². The van der Waals surface area contributed by atoms with Crippen molar-refractivity contribution in [3.63, 3.8) is 0 Å². The zero-order valence-electron chi connectivity index (χ0n) is 10.6. The molecule has 0 fully saturated rings. The molecule has 4 nitrogen and oxygen atoms in total. The molecule has 0 spiro atoms. The smallest absolute Gasteiger partial charge is 0.176 e. The average Bonchev–Trinajstić information content (AvgIpc) is 2.28. The van der Waals surface area contributed by atoms with Crippen LogP contribution >= 0.6 is 15.9 Å². The molecule has 1 unspecified atom stereocenters. The number of aliphatic hydroxyl groups excluding tert-OH is 1. The van der Waals surface area contributed by atoms with E-state index >= 15 is 0 Å². The summed E-state index contributed by atoms with van der Waals surface area (Å²) in [4.78, 5) is 13.8. The van der Waals surface area contributed by atoms with Crippen molar-refractivity contribution < 1.29 is 14.6 Å². The van der Waals surface area contributed by atoms with Gasteiger partial charge in [0.1, 0.15) is 0 Å². The van der Waals surface area contributed by atoms with Gasteiger partial charge in [-0.25, -0.2) is 0 Å². The van der Waals surface area contributed by atoms with Gasteiger partial charge in [0.2, 0.25) is 0 Å². The van der Waals surface area contributed by atoms with E-state index in [2.05, 4.69) is 15.9 Å². The number of carbonyl (C=O) groups is 1. The van der Waals surface area contributed by atoms with Crippen molar-refractivity contribution in [2.75, 3.05) is 33.9 Å². The molecular formula is C13H18BrNO3. The number of hydrogen-bond donors (Lipinski definition) is 1. The molecule has 18 heavy (non-hydrogen) atoms. The van der Waals surface area contributed by atoms with Gasteiger partial charge in [0.15, 0.2) is 5.78 Å². The molecule has 1 N–H and O–H groups in total. The van der Waals surface area contributed by atoms with Crippen LogP contribution < -0.4 is 0 Å². The number of Topliss-reactive ketones (excluding diaryl/α,β-unsaturated/α-hetero) is 1. The summed E-state index contributed by atoms with van der Waals surface area (Å²) >= 11 is 3.34. The molecule has 1 aromatic carbocycles. The van der Waals surface area contributed by atoms with E-state index in [0.29, 0.717) is 12.1 Å². The summed E-state index contributed by atoms with van der Waals surface area (Å²) in [5, 5.41) is 9.56. The minimum Gasteiger partial charge on any atom is -0.389 e. The molecule has 0 radical (unpaired) electrons. The van der Waals surface area contributed by atoms with E-state index in [4.69, 9.17) is 4.74 Å². The zero-order chi connectivity index (χ0) is 13.5. The molecule has 0 amide bonds. The molecule has 100 valence electrons. The average molecular weight is 316 g/mol. The normalized spacial score (nSPS) is 12.7. The molecule has 0 aliphatic heterocycles. The Morgan fingerprint density at radius 1 is 1.56 bits per heavy atom. The van der Waals surface area contributed by atoms with Crippen molar-refractivity contribution in [2.24, 2.45) is 0 Å². The van der Waals surface area contributed by atoms with Crippen LogP contribution in [0.25, 0.3) is 0 Å². The highest BCUT2D eigenvalue weighted by molar-refractivity contribution is 9.10. The van der Waals surface area contributed by atoms with Crippen LogP contribution in [0.2, 0.25) is 0 Å². The minimum absolute atomic E-state index is 0.0309. The zero-order valence-corrected chi connectivity index (χ0v) is 12.2. The number of methoxy groups -OCH3 is 1. The number of likely N-dealkylation sites (N-methyl/N-ethyl adjacent to an activating group) is 1. The second-order valence-corrected chi connectivity index (χ2v) is 5.16. The highest BCUT2D eigenvalue weighted by Gasteiger charge is 2.13. The number of hydrogen-bond acceptors (Lipinski definition) is 4. The van der Waals surface area contributed by atoms with E-state index in [-0.39, 0.29) is 18.9 Å². The van der Waals surface area contributed by atoms with Crippen molar-refractivity contribution in [1.82, 2.24) is 4.90 Å². The van der Waals surface area contributed by atoms with Crippen molar-refractivity contribution in [1.29, 1.82) is 0 Å².